The second-order valence-electron chi connectivity index (χ2n) is 11.9. The van der Waals surface area contributed by atoms with Crippen molar-refractivity contribution in [2.75, 3.05) is 0 Å². The van der Waals surface area contributed by atoms with E-state index in [2.05, 4.69) is 136 Å². The topological polar surface area (TPSA) is 0 Å². The Morgan fingerprint density at radius 2 is 1.25 bits per heavy atom. The number of fused-ring (bicyclic) bond motifs is 5. The highest BCUT2D eigenvalue weighted by atomic mass is 14.4. The smallest absolute Gasteiger partial charge is 0.00261 e. The molecule has 0 aliphatic heterocycles. The molecule has 0 heteroatoms. The molecule has 2 aliphatic rings. The van der Waals surface area contributed by atoms with E-state index in [1.165, 1.54) is 89.2 Å². The van der Waals surface area contributed by atoms with Crippen molar-refractivity contribution in [3.63, 3.8) is 0 Å². The highest BCUT2D eigenvalue weighted by Crippen LogP contribution is 2.54. The quantitative estimate of drug-likeness (QED) is 0.207. The van der Waals surface area contributed by atoms with Crippen molar-refractivity contribution in [2.24, 2.45) is 5.92 Å². The lowest BCUT2D eigenvalue weighted by atomic mass is 9.83. The van der Waals surface area contributed by atoms with Crippen LogP contribution in [-0.4, -0.2) is 0 Å². The molecule has 2 unspecified atom stereocenters. The van der Waals surface area contributed by atoms with E-state index in [-0.39, 0.29) is 0 Å². The average molecular weight is 513 g/mol. The lowest BCUT2D eigenvalue weighted by Gasteiger charge is -2.20. The van der Waals surface area contributed by atoms with Crippen molar-refractivity contribution in [3.8, 4) is 33.4 Å². The van der Waals surface area contributed by atoms with Crippen LogP contribution < -0.4 is 0 Å². The predicted molar refractivity (Wildman–Crippen MR) is 172 cm³/mol. The number of allylic oxidation sites excluding steroid dienone is 1. The summed E-state index contributed by atoms with van der Waals surface area (Å²) in [6, 6.07) is 38.8. The lowest BCUT2D eigenvalue weighted by Crippen LogP contribution is -1.97. The van der Waals surface area contributed by atoms with E-state index in [4.69, 9.17) is 0 Å². The summed E-state index contributed by atoms with van der Waals surface area (Å²) in [6.45, 7) is 6.74. The molecule has 0 N–H and O–H groups in total. The molecule has 40 heavy (non-hydrogen) atoms. The summed E-state index contributed by atoms with van der Waals surface area (Å²) in [6.07, 6.45) is 6.06. The van der Waals surface area contributed by atoms with Crippen LogP contribution in [0, 0.1) is 26.7 Å². The van der Waals surface area contributed by atoms with E-state index in [1.54, 1.807) is 0 Å². The Labute approximate surface area is 236 Å². The predicted octanol–water partition coefficient (Wildman–Crippen LogP) is 11.0. The fourth-order valence-electron chi connectivity index (χ4n) is 7.10. The Hall–Kier alpha value is -4.42. The summed E-state index contributed by atoms with van der Waals surface area (Å²) in [5.41, 5.74) is 14.8. The van der Waals surface area contributed by atoms with Crippen LogP contribution in [0.1, 0.15) is 40.2 Å². The molecule has 0 radical (unpaired) electrons. The van der Waals surface area contributed by atoms with Crippen LogP contribution in [0.4, 0.5) is 0 Å². The van der Waals surface area contributed by atoms with Crippen molar-refractivity contribution in [3.05, 3.63) is 137 Å². The first-order chi connectivity index (χ1) is 19.6. The maximum Gasteiger partial charge on any atom is -0.00261 e. The van der Waals surface area contributed by atoms with E-state index in [9.17, 15) is 0 Å². The van der Waals surface area contributed by atoms with Crippen LogP contribution in [0.2, 0.25) is 0 Å². The molecule has 1 saturated carbocycles. The molecule has 0 amide bonds. The zero-order chi connectivity index (χ0) is 27.0. The standard InChI is InChI=1S/C40H32/c1-24-13-18-33-38(19-24)40(32-12-8-7-11-31(32)39(33)27-9-5-4-6-10-27)30-15-14-25(2)34(22-30)35-23-37-28(20-26(35)3)16-17-29-21-36(29)37/h4-20,22-23,29,36H,21H2,1-3H3. The minimum Gasteiger partial charge on any atom is -0.0802 e. The Bertz CT molecular complexity index is 2000. The van der Waals surface area contributed by atoms with Gasteiger partial charge in [0.1, 0.15) is 0 Å². The van der Waals surface area contributed by atoms with Crippen molar-refractivity contribution in [1.29, 1.82) is 0 Å². The van der Waals surface area contributed by atoms with Gasteiger partial charge in [0.25, 0.3) is 0 Å². The minimum atomic E-state index is 0.712. The second-order valence-corrected chi connectivity index (χ2v) is 11.9. The molecule has 0 aromatic heterocycles. The number of rotatable bonds is 3. The van der Waals surface area contributed by atoms with Gasteiger partial charge in [0.05, 0.1) is 0 Å². The van der Waals surface area contributed by atoms with Gasteiger partial charge < -0.3 is 0 Å². The highest BCUT2D eigenvalue weighted by molar-refractivity contribution is 6.21. The molecule has 8 rings (SSSR count). The van der Waals surface area contributed by atoms with Crippen LogP contribution in [0.25, 0.3) is 61.0 Å². The summed E-state index contributed by atoms with van der Waals surface area (Å²) in [7, 11) is 0. The molecule has 0 heterocycles. The van der Waals surface area contributed by atoms with Crippen molar-refractivity contribution < 1.29 is 0 Å². The maximum absolute atomic E-state index is 2.50. The third-order valence-electron chi connectivity index (χ3n) is 9.25. The van der Waals surface area contributed by atoms with Crippen molar-refractivity contribution in [2.45, 2.75) is 33.1 Å². The van der Waals surface area contributed by atoms with E-state index >= 15 is 0 Å². The van der Waals surface area contributed by atoms with Gasteiger partial charge in [-0.3, -0.25) is 0 Å². The van der Waals surface area contributed by atoms with Gasteiger partial charge in [-0.05, 0) is 128 Å². The van der Waals surface area contributed by atoms with Crippen LogP contribution >= 0.6 is 0 Å². The summed E-state index contributed by atoms with van der Waals surface area (Å²) in [4.78, 5) is 0. The zero-order valence-corrected chi connectivity index (χ0v) is 23.3. The van der Waals surface area contributed by atoms with Gasteiger partial charge in [-0.25, -0.2) is 0 Å². The molecular weight excluding hydrogens is 480 g/mol. The Kier molecular flexibility index (Phi) is 5.16. The van der Waals surface area contributed by atoms with E-state index < -0.39 is 0 Å². The summed E-state index contributed by atoms with van der Waals surface area (Å²) >= 11 is 0. The molecule has 6 aromatic rings. The van der Waals surface area contributed by atoms with E-state index in [1.807, 2.05) is 0 Å². The van der Waals surface area contributed by atoms with E-state index in [0.29, 0.717) is 5.92 Å². The number of aryl methyl sites for hydroxylation is 3. The third-order valence-corrected chi connectivity index (χ3v) is 9.25. The van der Waals surface area contributed by atoms with Crippen molar-refractivity contribution in [1.82, 2.24) is 0 Å². The molecule has 6 aromatic carbocycles. The van der Waals surface area contributed by atoms with Crippen LogP contribution in [-0.2, 0) is 0 Å². The number of hydrogen-bond donors (Lipinski definition) is 0. The van der Waals surface area contributed by atoms with Gasteiger partial charge in [0.2, 0.25) is 0 Å². The zero-order valence-electron chi connectivity index (χ0n) is 23.3. The normalized spacial score (nSPS) is 17.2. The number of benzene rings is 6. The summed E-state index contributed by atoms with van der Waals surface area (Å²) in [5, 5.41) is 5.24. The largest absolute Gasteiger partial charge is 0.0802 e. The van der Waals surface area contributed by atoms with Crippen LogP contribution in [0.5, 0.6) is 0 Å². The Morgan fingerprint density at radius 3 is 2.05 bits per heavy atom. The Morgan fingerprint density at radius 1 is 0.550 bits per heavy atom. The second kappa shape index (κ2) is 8.80. The molecule has 0 spiro atoms. The van der Waals surface area contributed by atoms with Crippen LogP contribution in [0.15, 0.2) is 109 Å². The molecular formula is C40H32. The first kappa shape index (κ1) is 23.5. The van der Waals surface area contributed by atoms with Gasteiger partial charge in [0, 0.05) is 0 Å². The van der Waals surface area contributed by atoms with Crippen molar-refractivity contribution >= 4 is 27.6 Å². The van der Waals surface area contributed by atoms with Gasteiger partial charge in [0.15, 0.2) is 0 Å². The third kappa shape index (κ3) is 3.59. The number of hydrogen-bond acceptors (Lipinski definition) is 0. The summed E-state index contributed by atoms with van der Waals surface area (Å²) < 4.78 is 0. The lowest BCUT2D eigenvalue weighted by molar-refractivity contribution is 0.994. The fourth-order valence-corrected chi connectivity index (χ4v) is 7.10. The average Bonchev–Trinajstić information content (AvgIpc) is 3.77. The fraction of sp³-hybridized carbons (Fsp3) is 0.150. The highest BCUT2D eigenvalue weighted by Gasteiger charge is 2.39. The molecule has 0 nitrogen and oxygen atoms in total. The molecule has 192 valence electrons. The molecule has 2 aliphatic carbocycles. The van der Waals surface area contributed by atoms with Gasteiger partial charge in [-0.2, -0.15) is 0 Å². The minimum absolute atomic E-state index is 0.712. The monoisotopic (exact) mass is 512 g/mol. The first-order valence-electron chi connectivity index (χ1n) is 14.5. The summed E-state index contributed by atoms with van der Waals surface area (Å²) in [5.74, 6) is 1.46. The molecule has 0 saturated heterocycles. The maximum atomic E-state index is 2.50. The van der Waals surface area contributed by atoms with Crippen LogP contribution in [0.3, 0.4) is 0 Å². The van der Waals surface area contributed by atoms with Gasteiger partial charge in [-0.15, -0.1) is 0 Å². The molecule has 0 bridgehead atoms. The molecule has 1 fully saturated rings. The van der Waals surface area contributed by atoms with Gasteiger partial charge >= 0.3 is 0 Å². The molecule has 2 atom stereocenters. The van der Waals surface area contributed by atoms with E-state index in [0.717, 1.165) is 5.92 Å². The first-order valence-corrected chi connectivity index (χ1v) is 14.5. The SMILES string of the molecule is Cc1ccc2c(-c3ccccc3)c3ccccc3c(-c3ccc(C)c(-c4cc5c(cc4C)C=CC4CC54)c3)c2c1. The van der Waals surface area contributed by atoms with Gasteiger partial charge in [-0.1, -0.05) is 109 Å². The Balaban J connectivity index is 1.41.